The van der Waals surface area contributed by atoms with Gasteiger partial charge in [-0.05, 0) is 30.7 Å². The van der Waals surface area contributed by atoms with Crippen molar-refractivity contribution in [3.63, 3.8) is 0 Å². The summed E-state index contributed by atoms with van der Waals surface area (Å²) in [5, 5.41) is 2.66. The number of benzene rings is 1. The standard InChI is InChI=1S/C19H24N6O5S/c1-4-5-10-21-31(29,30)14-8-6-13(7-9-14)22-15(26)11-25-12-20-17-16(25)18(27)24(3)19(28)23(17)2/h6-9,12,21H,4-5,10-11H2,1-3H3,(H,22,26). The highest BCUT2D eigenvalue weighted by Gasteiger charge is 2.17. The maximum absolute atomic E-state index is 12.5. The van der Waals surface area contributed by atoms with Crippen LogP contribution in [0.5, 0.6) is 0 Å². The van der Waals surface area contributed by atoms with Gasteiger partial charge in [-0.1, -0.05) is 13.3 Å². The topological polar surface area (TPSA) is 137 Å². The highest BCUT2D eigenvalue weighted by molar-refractivity contribution is 7.89. The van der Waals surface area contributed by atoms with Crippen molar-refractivity contribution >= 4 is 32.8 Å². The molecule has 12 heteroatoms. The molecule has 2 aromatic heterocycles. The monoisotopic (exact) mass is 448 g/mol. The van der Waals surface area contributed by atoms with Crippen LogP contribution in [0.4, 0.5) is 5.69 Å². The number of aromatic nitrogens is 4. The van der Waals surface area contributed by atoms with Crippen molar-refractivity contribution in [2.45, 2.75) is 31.2 Å². The van der Waals surface area contributed by atoms with Crippen molar-refractivity contribution in [3.05, 3.63) is 51.4 Å². The van der Waals surface area contributed by atoms with Gasteiger partial charge in [0.2, 0.25) is 15.9 Å². The van der Waals surface area contributed by atoms with Crippen molar-refractivity contribution < 1.29 is 13.2 Å². The third-order valence-corrected chi connectivity index (χ3v) is 6.28. The highest BCUT2D eigenvalue weighted by atomic mass is 32.2. The zero-order chi connectivity index (χ0) is 22.8. The maximum Gasteiger partial charge on any atom is 0.332 e. The second-order valence-corrected chi connectivity index (χ2v) is 8.84. The summed E-state index contributed by atoms with van der Waals surface area (Å²) in [5.41, 5.74) is -0.326. The van der Waals surface area contributed by atoms with Gasteiger partial charge in [-0.2, -0.15) is 0 Å². The first-order chi connectivity index (χ1) is 14.7. The molecule has 0 saturated heterocycles. The number of aryl methyl sites for hydroxylation is 1. The number of nitrogens with zero attached hydrogens (tertiary/aromatic N) is 4. The summed E-state index contributed by atoms with van der Waals surface area (Å²) in [6, 6.07) is 5.78. The van der Waals surface area contributed by atoms with E-state index in [1.54, 1.807) is 0 Å². The number of rotatable bonds is 8. The van der Waals surface area contributed by atoms with E-state index in [1.165, 1.54) is 53.8 Å². The van der Waals surface area contributed by atoms with E-state index >= 15 is 0 Å². The predicted octanol–water partition coefficient (Wildman–Crippen LogP) is 0.151. The predicted molar refractivity (Wildman–Crippen MR) is 115 cm³/mol. The number of hydrogen-bond donors (Lipinski definition) is 2. The van der Waals surface area contributed by atoms with Gasteiger partial charge in [0.25, 0.3) is 5.56 Å². The van der Waals surface area contributed by atoms with Crippen LogP contribution in [0.2, 0.25) is 0 Å². The quantitative estimate of drug-likeness (QED) is 0.471. The van der Waals surface area contributed by atoms with Crippen molar-refractivity contribution in [1.82, 2.24) is 23.4 Å². The van der Waals surface area contributed by atoms with Crippen LogP contribution < -0.4 is 21.3 Å². The number of carbonyl (C=O) groups is 1. The number of unbranched alkanes of at least 4 members (excludes halogenated alkanes) is 1. The van der Waals surface area contributed by atoms with Crippen molar-refractivity contribution in [2.24, 2.45) is 14.1 Å². The molecule has 2 N–H and O–H groups in total. The van der Waals surface area contributed by atoms with Crippen LogP contribution in [-0.4, -0.2) is 39.6 Å². The molecule has 0 bridgehead atoms. The normalized spacial score (nSPS) is 11.7. The molecule has 0 fully saturated rings. The Kier molecular flexibility index (Phi) is 6.41. The van der Waals surface area contributed by atoms with E-state index in [4.69, 9.17) is 0 Å². The van der Waals surface area contributed by atoms with Crippen LogP contribution in [0.25, 0.3) is 11.2 Å². The number of imidazole rings is 1. The van der Waals surface area contributed by atoms with E-state index in [2.05, 4.69) is 15.0 Å². The van der Waals surface area contributed by atoms with Gasteiger partial charge >= 0.3 is 5.69 Å². The summed E-state index contributed by atoms with van der Waals surface area (Å²) in [5.74, 6) is -0.438. The largest absolute Gasteiger partial charge is 0.332 e. The van der Waals surface area contributed by atoms with Crippen molar-refractivity contribution in [2.75, 3.05) is 11.9 Å². The third-order valence-electron chi connectivity index (χ3n) is 4.80. The summed E-state index contributed by atoms with van der Waals surface area (Å²) in [7, 11) is -0.750. The molecule has 0 radical (unpaired) electrons. The van der Waals surface area contributed by atoms with E-state index in [9.17, 15) is 22.8 Å². The van der Waals surface area contributed by atoms with E-state index in [0.29, 0.717) is 12.2 Å². The smallest absolute Gasteiger partial charge is 0.325 e. The second-order valence-electron chi connectivity index (χ2n) is 7.07. The lowest BCUT2D eigenvalue weighted by molar-refractivity contribution is -0.116. The van der Waals surface area contributed by atoms with Gasteiger partial charge in [0.05, 0.1) is 11.2 Å². The zero-order valence-corrected chi connectivity index (χ0v) is 18.3. The van der Waals surface area contributed by atoms with Crippen LogP contribution >= 0.6 is 0 Å². The Hall–Kier alpha value is -3.25. The molecule has 2 heterocycles. The Balaban J connectivity index is 1.75. The fourth-order valence-electron chi connectivity index (χ4n) is 3.06. The van der Waals surface area contributed by atoms with E-state index in [0.717, 1.165) is 17.4 Å². The van der Waals surface area contributed by atoms with Crippen LogP contribution in [0.3, 0.4) is 0 Å². The molecular formula is C19H24N6O5S. The number of fused-ring (bicyclic) bond motifs is 1. The Morgan fingerprint density at radius 3 is 2.42 bits per heavy atom. The van der Waals surface area contributed by atoms with E-state index < -0.39 is 27.2 Å². The van der Waals surface area contributed by atoms with Crippen LogP contribution in [0.1, 0.15) is 19.8 Å². The average Bonchev–Trinajstić information content (AvgIpc) is 3.14. The Labute approximate surface area is 178 Å². The zero-order valence-electron chi connectivity index (χ0n) is 17.5. The summed E-state index contributed by atoms with van der Waals surface area (Å²) in [4.78, 5) is 41.1. The molecule has 0 aliphatic rings. The van der Waals surface area contributed by atoms with Gasteiger partial charge in [0.1, 0.15) is 6.54 Å². The number of hydrogen-bond acceptors (Lipinski definition) is 6. The lowest BCUT2D eigenvalue weighted by atomic mass is 10.3. The molecule has 3 rings (SSSR count). The molecule has 0 saturated carbocycles. The van der Waals surface area contributed by atoms with Gasteiger partial charge in [-0.15, -0.1) is 0 Å². The second kappa shape index (κ2) is 8.86. The fraction of sp³-hybridized carbons (Fsp3) is 0.368. The molecule has 0 aliphatic heterocycles. The van der Waals surface area contributed by atoms with E-state index in [-0.39, 0.29) is 22.6 Å². The SMILES string of the molecule is CCCCNS(=O)(=O)c1ccc(NC(=O)Cn2cnc3c2c(=O)n(C)c(=O)n3C)cc1. The lowest BCUT2D eigenvalue weighted by Crippen LogP contribution is -2.37. The van der Waals surface area contributed by atoms with Gasteiger partial charge in [0.15, 0.2) is 11.2 Å². The number of anilines is 1. The van der Waals surface area contributed by atoms with Gasteiger partial charge in [0, 0.05) is 26.3 Å². The first-order valence-electron chi connectivity index (χ1n) is 9.66. The molecule has 0 atom stereocenters. The Morgan fingerprint density at radius 2 is 1.77 bits per heavy atom. The molecule has 31 heavy (non-hydrogen) atoms. The number of carbonyl (C=O) groups excluding carboxylic acids is 1. The molecule has 1 amide bonds. The average molecular weight is 449 g/mol. The highest BCUT2D eigenvalue weighted by Crippen LogP contribution is 2.14. The molecule has 11 nitrogen and oxygen atoms in total. The lowest BCUT2D eigenvalue weighted by Gasteiger charge is -2.09. The van der Waals surface area contributed by atoms with Gasteiger partial charge in [-0.25, -0.2) is 22.9 Å². The molecule has 1 aromatic carbocycles. The van der Waals surface area contributed by atoms with Gasteiger partial charge < -0.3 is 9.88 Å². The summed E-state index contributed by atoms with van der Waals surface area (Å²) < 4.78 is 30.5. The summed E-state index contributed by atoms with van der Waals surface area (Å²) in [6.07, 6.45) is 2.94. The molecule has 0 unspecified atom stereocenters. The minimum absolute atomic E-state index is 0.103. The summed E-state index contributed by atoms with van der Waals surface area (Å²) >= 11 is 0. The number of nitrogens with one attached hydrogen (secondary N) is 2. The minimum atomic E-state index is -3.60. The number of sulfonamides is 1. The fourth-order valence-corrected chi connectivity index (χ4v) is 4.13. The first kappa shape index (κ1) is 22.4. The molecule has 0 aliphatic carbocycles. The minimum Gasteiger partial charge on any atom is -0.325 e. The van der Waals surface area contributed by atoms with E-state index in [1.807, 2.05) is 6.92 Å². The van der Waals surface area contributed by atoms with Crippen LogP contribution in [-0.2, 0) is 35.5 Å². The molecule has 0 spiro atoms. The van der Waals surface area contributed by atoms with Crippen LogP contribution in [0, 0.1) is 0 Å². The van der Waals surface area contributed by atoms with Crippen molar-refractivity contribution in [1.29, 1.82) is 0 Å². The van der Waals surface area contributed by atoms with Gasteiger partial charge in [-0.3, -0.25) is 18.7 Å². The summed E-state index contributed by atoms with van der Waals surface area (Å²) in [6.45, 7) is 2.13. The maximum atomic E-state index is 12.5. The molecule has 166 valence electrons. The Morgan fingerprint density at radius 1 is 1.10 bits per heavy atom. The first-order valence-corrected chi connectivity index (χ1v) is 11.1. The molecular weight excluding hydrogens is 424 g/mol. The Bertz CT molecular complexity index is 1340. The van der Waals surface area contributed by atoms with Crippen molar-refractivity contribution in [3.8, 4) is 0 Å². The van der Waals surface area contributed by atoms with Crippen LogP contribution in [0.15, 0.2) is 45.1 Å². The number of amides is 1. The third kappa shape index (κ3) is 4.59. The molecule has 3 aromatic rings.